The fourth-order valence-electron chi connectivity index (χ4n) is 5.00. The number of fused-ring (bicyclic) bond motifs is 4. The maximum Gasteiger partial charge on any atom is 0.339 e. The highest BCUT2D eigenvalue weighted by atomic mass is 16.5. The van der Waals surface area contributed by atoms with E-state index in [2.05, 4.69) is 16.0 Å². The van der Waals surface area contributed by atoms with Crippen molar-refractivity contribution in [2.24, 2.45) is 0 Å². The van der Waals surface area contributed by atoms with Crippen LogP contribution in [0.2, 0.25) is 0 Å². The maximum atomic E-state index is 13.3. The van der Waals surface area contributed by atoms with Gasteiger partial charge in [0.1, 0.15) is 5.82 Å². The largest absolute Gasteiger partial charge is 0.452 e. The molecule has 1 N–H and O–H groups in total. The van der Waals surface area contributed by atoms with E-state index in [1.54, 1.807) is 16.7 Å². The molecule has 6 heteroatoms. The van der Waals surface area contributed by atoms with Gasteiger partial charge in [0.15, 0.2) is 6.61 Å². The Morgan fingerprint density at radius 1 is 0.912 bits per heavy atom. The van der Waals surface area contributed by atoms with Crippen LogP contribution in [0.1, 0.15) is 39.3 Å². The summed E-state index contributed by atoms with van der Waals surface area (Å²) in [4.78, 5) is 34.2. The Bertz CT molecular complexity index is 1530. The Morgan fingerprint density at radius 3 is 2.59 bits per heavy atom. The second-order valence-corrected chi connectivity index (χ2v) is 8.60. The van der Waals surface area contributed by atoms with Crippen molar-refractivity contribution in [1.29, 1.82) is 0 Å². The first-order chi connectivity index (χ1) is 16.7. The number of benzene rings is 3. The van der Waals surface area contributed by atoms with E-state index in [4.69, 9.17) is 4.74 Å². The zero-order chi connectivity index (χ0) is 23.1. The van der Waals surface area contributed by atoms with Crippen LogP contribution in [0.3, 0.4) is 0 Å². The minimum atomic E-state index is -0.547. The number of aromatic nitrogens is 3. The first kappa shape index (κ1) is 20.4. The summed E-state index contributed by atoms with van der Waals surface area (Å²) in [7, 11) is 0. The topological polar surface area (TPSA) is 77.0 Å². The monoisotopic (exact) mass is 449 g/mol. The van der Waals surface area contributed by atoms with Crippen LogP contribution in [0.25, 0.3) is 33.3 Å². The third kappa shape index (κ3) is 3.39. The normalized spacial score (nSPS) is 13.2. The summed E-state index contributed by atoms with van der Waals surface area (Å²) in [6.07, 6.45) is 4.02. The summed E-state index contributed by atoms with van der Waals surface area (Å²) < 4.78 is 7.29. The number of imidazole rings is 1. The van der Waals surface area contributed by atoms with Crippen molar-refractivity contribution in [1.82, 2.24) is 14.5 Å². The molecular formula is C28H23N3O3. The van der Waals surface area contributed by atoms with Crippen LogP contribution >= 0.6 is 0 Å². The third-order valence-corrected chi connectivity index (χ3v) is 6.55. The Hall–Kier alpha value is -4.19. The first-order valence-corrected chi connectivity index (χ1v) is 11.6. The van der Waals surface area contributed by atoms with Crippen molar-refractivity contribution in [2.75, 3.05) is 6.61 Å². The molecule has 0 aliphatic heterocycles. The molecule has 5 aromatic rings. The molecule has 168 valence electrons. The Labute approximate surface area is 196 Å². The Kier molecular flexibility index (Phi) is 4.99. The zero-order valence-electron chi connectivity index (χ0n) is 18.6. The van der Waals surface area contributed by atoms with Gasteiger partial charge < -0.3 is 9.72 Å². The number of aromatic amines is 1. The molecule has 0 amide bonds. The van der Waals surface area contributed by atoms with Gasteiger partial charge in [-0.15, -0.1) is 0 Å². The van der Waals surface area contributed by atoms with Crippen LogP contribution in [0.15, 0.2) is 72.8 Å². The van der Waals surface area contributed by atoms with E-state index in [9.17, 15) is 9.59 Å². The van der Waals surface area contributed by atoms with Gasteiger partial charge in [0.2, 0.25) is 0 Å². The number of carbonyl (C=O) groups excluding carboxylic acids is 2. The fraction of sp³-hybridized carbons (Fsp3) is 0.179. The van der Waals surface area contributed by atoms with E-state index in [0.717, 1.165) is 53.3 Å². The molecule has 34 heavy (non-hydrogen) atoms. The molecule has 3 aromatic carbocycles. The zero-order valence-corrected chi connectivity index (χ0v) is 18.6. The number of nitrogens with one attached hydrogen (secondary N) is 1. The smallest absolute Gasteiger partial charge is 0.339 e. The van der Waals surface area contributed by atoms with Gasteiger partial charge in [0, 0.05) is 16.6 Å². The summed E-state index contributed by atoms with van der Waals surface area (Å²) in [5.41, 5.74) is 5.90. The molecule has 0 bridgehead atoms. The molecular weight excluding hydrogens is 426 g/mol. The summed E-state index contributed by atoms with van der Waals surface area (Å²) in [5.74, 6) is -0.186. The molecule has 0 radical (unpaired) electrons. The number of nitrogens with zero attached hydrogens (tertiary/aromatic N) is 2. The molecule has 0 unspecified atom stereocenters. The van der Waals surface area contributed by atoms with Crippen LogP contribution < -0.4 is 0 Å². The Balaban J connectivity index is 1.28. The molecule has 0 saturated carbocycles. The van der Waals surface area contributed by atoms with E-state index in [-0.39, 0.29) is 12.5 Å². The fourth-order valence-corrected chi connectivity index (χ4v) is 5.00. The molecule has 6 rings (SSSR count). The number of rotatable bonds is 4. The Morgan fingerprint density at radius 2 is 1.68 bits per heavy atom. The predicted molar refractivity (Wildman–Crippen MR) is 131 cm³/mol. The van der Waals surface area contributed by atoms with Crippen molar-refractivity contribution >= 4 is 33.8 Å². The van der Waals surface area contributed by atoms with Crippen molar-refractivity contribution in [3.8, 4) is 11.4 Å². The number of H-pyrrole nitrogens is 1. The van der Waals surface area contributed by atoms with E-state index >= 15 is 0 Å². The van der Waals surface area contributed by atoms with Gasteiger partial charge >= 0.3 is 5.97 Å². The van der Waals surface area contributed by atoms with Gasteiger partial charge in [0.25, 0.3) is 5.91 Å². The summed E-state index contributed by atoms with van der Waals surface area (Å²) in [6.45, 7) is -0.321. The van der Waals surface area contributed by atoms with E-state index in [1.165, 1.54) is 5.56 Å². The van der Waals surface area contributed by atoms with Gasteiger partial charge in [0.05, 0.1) is 22.1 Å². The lowest BCUT2D eigenvalue weighted by Crippen LogP contribution is -2.23. The van der Waals surface area contributed by atoms with Crippen LogP contribution in [-0.4, -0.2) is 33.0 Å². The average molecular weight is 450 g/mol. The van der Waals surface area contributed by atoms with E-state index in [1.807, 2.05) is 54.6 Å². The predicted octanol–water partition coefficient (Wildman–Crippen LogP) is 5.56. The van der Waals surface area contributed by atoms with E-state index < -0.39 is 5.97 Å². The lowest BCUT2D eigenvalue weighted by molar-refractivity contribution is 0.0450. The van der Waals surface area contributed by atoms with Gasteiger partial charge in [-0.2, -0.15) is 0 Å². The molecule has 0 spiro atoms. The number of hydrogen-bond donors (Lipinski definition) is 1. The molecule has 1 aliphatic rings. The highest BCUT2D eigenvalue weighted by Gasteiger charge is 2.24. The van der Waals surface area contributed by atoms with Gasteiger partial charge in [-0.3, -0.25) is 9.36 Å². The second kappa shape index (κ2) is 8.30. The molecule has 0 saturated heterocycles. The first-order valence-electron chi connectivity index (χ1n) is 11.6. The van der Waals surface area contributed by atoms with Crippen LogP contribution in [-0.2, 0) is 17.6 Å². The summed E-state index contributed by atoms with van der Waals surface area (Å²) >= 11 is 0. The number of hydrogen-bond acceptors (Lipinski definition) is 4. The minimum absolute atomic E-state index is 0.228. The minimum Gasteiger partial charge on any atom is -0.452 e. The molecule has 0 fully saturated rings. The quantitative estimate of drug-likeness (QED) is 0.365. The third-order valence-electron chi connectivity index (χ3n) is 6.55. The van der Waals surface area contributed by atoms with Crippen molar-refractivity contribution < 1.29 is 14.3 Å². The number of para-hydroxylation sites is 3. The van der Waals surface area contributed by atoms with Crippen molar-refractivity contribution in [3.05, 3.63) is 89.6 Å². The maximum absolute atomic E-state index is 13.3. The van der Waals surface area contributed by atoms with Crippen molar-refractivity contribution in [2.45, 2.75) is 25.7 Å². The molecule has 0 atom stereocenters. The lowest BCUT2D eigenvalue weighted by atomic mass is 9.95. The number of aryl methyl sites for hydroxylation is 1. The SMILES string of the molecule is O=C(OCC(=O)n1c2c(c3ccccc31)CCCC2)c1ccccc1-c1nc2ccccc2[nH]1. The van der Waals surface area contributed by atoms with Gasteiger partial charge in [-0.25, -0.2) is 9.78 Å². The van der Waals surface area contributed by atoms with Crippen LogP contribution in [0, 0.1) is 0 Å². The molecule has 1 aliphatic carbocycles. The number of esters is 1. The average Bonchev–Trinajstić information content (AvgIpc) is 3.46. The number of carbonyl (C=O) groups is 2. The summed E-state index contributed by atoms with van der Waals surface area (Å²) in [5, 5.41) is 1.12. The van der Waals surface area contributed by atoms with Crippen LogP contribution in [0.4, 0.5) is 0 Å². The second-order valence-electron chi connectivity index (χ2n) is 8.60. The van der Waals surface area contributed by atoms with Gasteiger partial charge in [-0.05, 0) is 55.5 Å². The number of ether oxygens (including phenoxy) is 1. The standard InChI is InChI=1S/C28H23N3O3/c32-26(31-24-15-7-3-9-18(24)19-10-4-8-16-25(19)31)17-34-28(33)21-12-2-1-11-20(21)27-29-22-13-5-6-14-23(22)30-27/h1-3,5-7,9,11-15H,4,8,10,16-17H2,(H,29,30). The summed E-state index contributed by atoms with van der Waals surface area (Å²) in [6, 6.07) is 22.8. The van der Waals surface area contributed by atoms with E-state index in [0.29, 0.717) is 17.0 Å². The van der Waals surface area contributed by atoms with Gasteiger partial charge in [-0.1, -0.05) is 48.5 Å². The molecule has 6 nitrogen and oxygen atoms in total. The highest BCUT2D eigenvalue weighted by Crippen LogP contribution is 2.32. The molecule has 2 aromatic heterocycles. The molecule has 2 heterocycles. The van der Waals surface area contributed by atoms with Crippen LogP contribution in [0.5, 0.6) is 0 Å². The highest BCUT2D eigenvalue weighted by molar-refractivity contribution is 6.00. The lowest BCUT2D eigenvalue weighted by Gasteiger charge is -2.15. The van der Waals surface area contributed by atoms with Crippen molar-refractivity contribution in [3.63, 3.8) is 0 Å².